The van der Waals surface area contributed by atoms with Gasteiger partial charge in [0.2, 0.25) is 0 Å². The van der Waals surface area contributed by atoms with Crippen molar-refractivity contribution in [2.24, 2.45) is 0 Å². The van der Waals surface area contributed by atoms with Gasteiger partial charge < -0.3 is 5.32 Å². The molecule has 0 radical (unpaired) electrons. The normalized spacial score (nSPS) is 10.8. The summed E-state index contributed by atoms with van der Waals surface area (Å²) < 4.78 is 27.0. The van der Waals surface area contributed by atoms with Gasteiger partial charge >= 0.3 is 0 Å². The minimum atomic E-state index is -0.548. The second kappa shape index (κ2) is 5.71. The molecule has 0 saturated heterocycles. The summed E-state index contributed by atoms with van der Waals surface area (Å²) in [7, 11) is 0. The summed E-state index contributed by atoms with van der Waals surface area (Å²) in [5.74, 6) is -1.06. The SMILES string of the molecule is Fc1ccc(CNCc2csc(Br)c2)c(F)c1. The van der Waals surface area contributed by atoms with Crippen LogP contribution in [0.1, 0.15) is 11.1 Å². The Bertz CT molecular complexity index is 513. The highest BCUT2D eigenvalue weighted by Gasteiger charge is 2.03. The third kappa shape index (κ3) is 3.59. The van der Waals surface area contributed by atoms with Gasteiger partial charge in [-0.3, -0.25) is 0 Å². The van der Waals surface area contributed by atoms with Crippen LogP contribution in [0.15, 0.2) is 33.4 Å². The first-order valence-corrected chi connectivity index (χ1v) is 6.70. The highest BCUT2D eigenvalue weighted by molar-refractivity contribution is 9.11. The number of hydrogen-bond acceptors (Lipinski definition) is 2. The zero-order valence-corrected chi connectivity index (χ0v) is 11.2. The molecule has 0 spiro atoms. The van der Waals surface area contributed by atoms with E-state index < -0.39 is 11.6 Å². The lowest BCUT2D eigenvalue weighted by Gasteiger charge is -2.04. The fourth-order valence-electron chi connectivity index (χ4n) is 1.45. The van der Waals surface area contributed by atoms with Gasteiger partial charge in [0.1, 0.15) is 11.6 Å². The molecular formula is C12H10BrF2NS. The molecule has 0 aliphatic rings. The molecule has 1 N–H and O–H groups in total. The van der Waals surface area contributed by atoms with Crippen molar-refractivity contribution in [3.05, 3.63) is 56.2 Å². The van der Waals surface area contributed by atoms with Crippen LogP contribution < -0.4 is 5.32 Å². The van der Waals surface area contributed by atoms with E-state index in [1.54, 1.807) is 11.3 Å². The zero-order valence-electron chi connectivity index (χ0n) is 8.84. The molecule has 17 heavy (non-hydrogen) atoms. The minimum absolute atomic E-state index is 0.388. The Morgan fingerprint density at radius 3 is 2.65 bits per heavy atom. The van der Waals surface area contributed by atoms with E-state index in [2.05, 4.69) is 21.2 Å². The Balaban J connectivity index is 1.90. The summed E-state index contributed by atoms with van der Waals surface area (Å²) in [4.78, 5) is 0. The monoisotopic (exact) mass is 317 g/mol. The number of rotatable bonds is 4. The average molecular weight is 318 g/mol. The van der Waals surface area contributed by atoms with Gasteiger partial charge in [0.05, 0.1) is 3.79 Å². The van der Waals surface area contributed by atoms with E-state index in [9.17, 15) is 8.78 Å². The van der Waals surface area contributed by atoms with Crippen LogP contribution in [0.5, 0.6) is 0 Å². The molecule has 1 heterocycles. The van der Waals surface area contributed by atoms with E-state index >= 15 is 0 Å². The summed E-state index contributed by atoms with van der Waals surface area (Å²) in [6.45, 7) is 1.05. The summed E-state index contributed by atoms with van der Waals surface area (Å²) in [6.07, 6.45) is 0. The van der Waals surface area contributed by atoms with Gasteiger partial charge in [-0.1, -0.05) is 6.07 Å². The Hall–Kier alpha value is -0.780. The van der Waals surface area contributed by atoms with E-state index in [0.717, 1.165) is 15.4 Å². The Morgan fingerprint density at radius 1 is 1.18 bits per heavy atom. The molecular weight excluding hydrogens is 308 g/mol. The smallest absolute Gasteiger partial charge is 0.130 e. The lowest BCUT2D eigenvalue weighted by molar-refractivity contribution is 0.560. The molecule has 5 heteroatoms. The van der Waals surface area contributed by atoms with Crippen molar-refractivity contribution in [2.45, 2.75) is 13.1 Å². The quantitative estimate of drug-likeness (QED) is 0.896. The number of hydrogen-bond donors (Lipinski definition) is 1. The third-order valence-corrected chi connectivity index (χ3v) is 3.83. The van der Waals surface area contributed by atoms with E-state index in [0.29, 0.717) is 18.7 Å². The van der Waals surface area contributed by atoms with Gasteiger partial charge in [0, 0.05) is 24.7 Å². The van der Waals surface area contributed by atoms with Gasteiger partial charge in [0.15, 0.2) is 0 Å². The molecule has 0 bridgehead atoms. The molecule has 1 aromatic heterocycles. The van der Waals surface area contributed by atoms with Gasteiger partial charge in [-0.15, -0.1) is 11.3 Å². The van der Waals surface area contributed by atoms with Crippen LogP contribution in [-0.2, 0) is 13.1 Å². The molecule has 0 fully saturated rings. The van der Waals surface area contributed by atoms with Crippen LogP contribution in [0.4, 0.5) is 8.78 Å². The van der Waals surface area contributed by atoms with Crippen molar-refractivity contribution in [3.8, 4) is 0 Å². The third-order valence-electron chi connectivity index (χ3n) is 2.28. The van der Waals surface area contributed by atoms with Crippen LogP contribution in [0.25, 0.3) is 0 Å². The molecule has 1 nitrogen and oxygen atoms in total. The fraction of sp³-hybridized carbons (Fsp3) is 0.167. The van der Waals surface area contributed by atoms with Crippen molar-refractivity contribution < 1.29 is 8.78 Å². The molecule has 0 unspecified atom stereocenters. The van der Waals surface area contributed by atoms with E-state index in [4.69, 9.17) is 0 Å². The molecule has 2 rings (SSSR count). The summed E-state index contributed by atoms with van der Waals surface area (Å²) in [5.41, 5.74) is 1.62. The lowest BCUT2D eigenvalue weighted by Crippen LogP contribution is -2.13. The van der Waals surface area contributed by atoms with Crippen LogP contribution in [0.3, 0.4) is 0 Å². The maximum atomic E-state index is 13.3. The Labute approximate surface area is 111 Å². The second-order valence-electron chi connectivity index (χ2n) is 3.60. The first-order valence-electron chi connectivity index (χ1n) is 5.03. The molecule has 0 saturated carbocycles. The van der Waals surface area contributed by atoms with Crippen molar-refractivity contribution in [2.75, 3.05) is 0 Å². The number of nitrogens with one attached hydrogen (secondary N) is 1. The highest BCUT2D eigenvalue weighted by Crippen LogP contribution is 2.20. The summed E-state index contributed by atoms with van der Waals surface area (Å²) in [6, 6.07) is 5.64. The molecule has 0 aliphatic carbocycles. The van der Waals surface area contributed by atoms with Crippen molar-refractivity contribution in [1.29, 1.82) is 0 Å². The Morgan fingerprint density at radius 2 is 2.00 bits per heavy atom. The van der Waals surface area contributed by atoms with Crippen LogP contribution in [0, 0.1) is 11.6 Å². The molecule has 1 aromatic carbocycles. The van der Waals surface area contributed by atoms with Crippen molar-refractivity contribution in [3.63, 3.8) is 0 Å². The van der Waals surface area contributed by atoms with Crippen molar-refractivity contribution in [1.82, 2.24) is 5.32 Å². The predicted molar refractivity (Wildman–Crippen MR) is 68.9 cm³/mol. The minimum Gasteiger partial charge on any atom is -0.308 e. The summed E-state index contributed by atoms with van der Waals surface area (Å²) in [5, 5.41) is 5.14. The first kappa shape index (κ1) is 12.7. The molecule has 90 valence electrons. The van der Waals surface area contributed by atoms with Crippen molar-refractivity contribution >= 4 is 27.3 Å². The van der Waals surface area contributed by atoms with E-state index in [1.807, 2.05) is 11.4 Å². The highest BCUT2D eigenvalue weighted by atomic mass is 79.9. The maximum Gasteiger partial charge on any atom is 0.130 e. The predicted octanol–water partition coefficient (Wildman–Crippen LogP) is 4.08. The van der Waals surface area contributed by atoms with Crippen LogP contribution >= 0.6 is 27.3 Å². The molecule has 2 aromatic rings. The van der Waals surface area contributed by atoms with Crippen LogP contribution in [0.2, 0.25) is 0 Å². The molecule has 0 atom stereocenters. The maximum absolute atomic E-state index is 13.3. The molecule has 0 aliphatic heterocycles. The summed E-state index contributed by atoms with van der Waals surface area (Å²) >= 11 is 4.99. The Kier molecular flexibility index (Phi) is 4.25. The molecule has 0 amide bonds. The van der Waals surface area contributed by atoms with Gasteiger partial charge in [-0.25, -0.2) is 8.78 Å². The van der Waals surface area contributed by atoms with Gasteiger partial charge in [-0.05, 0) is 39.0 Å². The van der Waals surface area contributed by atoms with Crippen LogP contribution in [-0.4, -0.2) is 0 Å². The number of halogens is 3. The standard InChI is InChI=1S/C12H10BrF2NS/c13-12-3-8(7-17-12)5-16-6-9-1-2-10(14)4-11(9)15/h1-4,7,16H,5-6H2. The number of thiophene rings is 1. The number of benzene rings is 1. The van der Waals surface area contributed by atoms with E-state index in [1.165, 1.54) is 12.1 Å². The van der Waals surface area contributed by atoms with Gasteiger partial charge in [0.25, 0.3) is 0 Å². The zero-order chi connectivity index (χ0) is 12.3. The fourth-order valence-corrected chi connectivity index (χ4v) is 2.65. The first-order chi connectivity index (χ1) is 8.15. The second-order valence-corrected chi connectivity index (χ2v) is 5.89. The topological polar surface area (TPSA) is 12.0 Å². The average Bonchev–Trinajstić information content (AvgIpc) is 2.68. The lowest BCUT2D eigenvalue weighted by atomic mass is 10.2. The van der Waals surface area contributed by atoms with E-state index in [-0.39, 0.29) is 0 Å². The van der Waals surface area contributed by atoms with Gasteiger partial charge in [-0.2, -0.15) is 0 Å². The largest absolute Gasteiger partial charge is 0.308 e.